The summed E-state index contributed by atoms with van der Waals surface area (Å²) in [6.45, 7) is 4.68. The van der Waals surface area contributed by atoms with Crippen LogP contribution in [0.4, 0.5) is 0 Å². The topological polar surface area (TPSA) is 50.2 Å². The van der Waals surface area contributed by atoms with Gasteiger partial charge < -0.3 is 4.74 Å². The number of rotatable bonds is 2. The van der Waals surface area contributed by atoms with Gasteiger partial charge in [-0.3, -0.25) is 4.78 Å². The van der Waals surface area contributed by atoms with E-state index in [1.54, 1.807) is 0 Å². The van der Waals surface area contributed by atoms with Crippen LogP contribution in [0.2, 0.25) is 0 Å². The van der Waals surface area contributed by atoms with E-state index in [1.807, 2.05) is 13.8 Å². The van der Waals surface area contributed by atoms with Crippen LogP contribution in [0.15, 0.2) is 0 Å². The highest BCUT2D eigenvalue weighted by Gasteiger charge is 2.31. The van der Waals surface area contributed by atoms with Gasteiger partial charge in [0.05, 0.1) is 28.2 Å². The number of hydrogen-bond donors (Lipinski definition) is 1. The maximum atomic E-state index is 11.5. The molecule has 4 heteroatoms. The van der Waals surface area contributed by atoms with Crippen molar-refractivity contribution < 1.29 is 8.95 Å². The molecule has 0 aliphatic carbocycles. The summed E-state index contributed by atoms with van der Waals surface area (Å²) in [7, 11) is -2.37. The molecule has 1 aliphatic heterocycles. The minimum absolute atomic E-state index is 0.00694. The fraction of sp³-hybridized carbons (Fsp3) is 1.00. The van der Waals surface area contributed by atoms with Gasteiger partial charge in [-0.05, 0) is 0 Å². The molecule has 1 saturated heterocycles. The normalized spacial score (nSPS) is 25.9. The van der Waals surface area contributed by atoms with Crippen LogP contribution in [0.3, 0.4) is 0 Å². The van der Waals surface area contributed by atoms with Crippen LogP contribution in [-0.4, -0.2) is 27.9 Å². The first-order valence-corrected chi connectivity index (χ1v) is 5.08. The highest BCUT2D eigenvalue weighted by Crippen LogP contribution is 2.17. The summed E-state index contributed by atoms with van der Waals surface area (Å²) >= 11 is 0. The van der Waals surface area contributed by atoms with Crippen molar-refractivity contribution in [3.63, 3.8) is 0 Å². The van der Waals surface area contributed by atoms with Crippen molar-refractivity contribution in [3.05, 3.63) is 0 Å². The number of ether oxygens (including phenoxy) is 1. The molecule has 0 aromatic heterocycles. The highest BCUT2D eigenvalue weighted by atomic mass is 32.2. The summed E-state index contributed by atoms with van der Waals surface area (Å²) in [5.74, 6) is 0. The maximum Gasteiger partial charge on any atom is 0.0897 e. The van der Waals surface area contributed by atoms with Gasteiger partial charge in [0, 0.05) is 5.25 Å². The van der Waals surface area contributed by atoms with E-state index >= 15 is 0 Å². The molecule has 1 rings (SSSR count). The first-order chi connectivity index (χ1) is 4.55. The average Bonchev–Trinajstić information content (AvgIpc) is 1.57. The predicted molar refractivity (Wildman–Crippen MR) is 40.6 cm³/mol. The Morgan fingerprint density at radius 3 is 2.20 bits per heavy atom. The van der Waals surface area contributed by atoms with E-state index in [9.17, 15) is 4.21 Å². The molecule has 10 heavy (non-hydrogen) atoms. The van der Waals surface area contributed by atoms with Crippen LogP contribution >= 0.6 is 0 Å². The second-order valence-corrected chi connectivity index (χ2v) is 5.76. The molecule has 3 nitrogen and oxygen atoms in total. The van der Waals surface area contributed by atoms with E-state index < -0.39 is 9.73 Å². The van der Waals surface area contributed by atoms with E-state index in [1.165, 1.54) is 0 Å². The molecular weight excluding hydrogens is 150 g/mol. The lowest BCUT2D eigenvalue weighted by molar-refractivity contribution is 0.0425. The lowest BCUT2D eigenvalue weighted by atomic mass is 10.4. The monoisotopic (exact) mass is 163 g/mol. The summed E-state index contributed by atoms with van der Waals surface area (Å²) in [4.78, 5) is 0. The van der Waals surface area contributed by atoms with Crippen molar-refractivity contribution in [2.75, 3.05) is 13.2 Å². The third-order valence-electron chi connectivity index (χ3n) is 1.80. The van der Waals surface area contributed by atoms with Crippen molar-refractivity contribution in [3.8, 4) is 0 Å². The van der Waals surface area contributed by atoms with Crippen LogP contribution < -0.4 is 0 Å². The maximum absolute atomic E-state index is 11.5. The van der Waals surface area contributed by atoms with Gasteiger partial charge in [0.25, 0.3) is 0 Å². The summed E-state index contributed by atoms with van der Waals surface area (Å²) in [6.07, 6.45) is 0. The van der Waals surface area contributed by atoms with Crippen LogP contribution in [0.5, 0.6) is 0 Å². The molecule has 0 bridgehead atoms. The zero-order valence-corrected chi connectivity index (χ0v) is 7.11. The SMILES string of the molecule is CC(C)S(=N)(=O)C1COC1. The van der Waals surface area contributed by atoms with Gasteiger partial charge in [-0.15, -0.1) is 0 Å². The van der Waals surface area contributed by atoms with Gasteiger partial charge in [-0.25, -0.2) is 4.21 Å². The van der Waals surface area contributed by atoms with Crippen LogP contribution in [0, 0.1) is 4.78 Å². The Balaban J connectivity index is 2.68. The standard InChI is InChI=1S/C6H13NO2S/c1-5(2)10(7,8)6-3-9-4-6/h5-7H,3-4H2,1-2H3. The van der Waals surface area contributed by atoms with Gasteiger partial charge in [-0.2, -0.15) is 0 Å². The second-order valence-electron chi connectivity index (χ2n) is 2.86. The van der Waals surface area contributed by atoms with Crippen LogP contribution in [0.1, 0.15) is 13.8 Å². The summed E-state index contributed by atoms with van der Waals surface area (Å²) in [6, 6.07) is 0. The van der Waals surface area contributed by atoms with Gasteiger partial charge >= 0.3 is 0 Å². The van der Waals surface area contributed by atoms with Crippen molar-refractivity contribution in [2.24, 2.45) is 0 Å². The highest BCUT2D eigenvalue weighted by molar-refractivity contribution is 7.93. The summed E-state index contributed by atoms with van der Waals surface area (Å²) in [5, 5.41) is -0.0473. The molecule has 1 unspecified atom stereocenters. The lowest BCUT2D eigenvalue weighted by Crippen LogP contribution is -2.43. The molecule has 1 fully saturated rings. The van der Waals surface area contributed by atoms with E-state index in [0.29, 0.717) is 13.2 Å². The van der Waals surface area contributed by atoms with Gasteiger partial charge in [0.15, 0.2) is 0 Å². The van der Waals surface area contributed by atoms with Crippen molar-refractivity contribution in [1.29, 1.82) is 4.78 Å². The van der Waals surface area contributed by atoms with Crippen molar-refractivity contribution >= 4 is 9.73 Å². The molecule has 1 heterocycles. The van der Waals surface area contributed by atoms with Gasteiger partial charge in [0.2, 0.25) is 0 Å². The largest absolute Gasteiger partial charge is 0.379 e. The lowest BCUT2D eigenvalue weighted by Gasteiger charge is -2.29. The molecule has 0 amide bonds. The Labute approximate surface area is 61.7 Å². The fourth-order valence-corrected chi connectivity index (χ4v) is 2.17. The molecule has 0 aromatic carbocycles. The molecule has 0 aromatic rings. The molecular formula is C6H13NO2S. The van der Waals surface area contributed by atoms with Crippen molar-refractivity contribution in [1.82, 2.24) is 0 Å². The fourth-order valence-electron chi connectivity index (χ4n) is 0.801. The number of hydrogen-bond acceptors (Lipinski definition) is 3. The van der Waals surface area contributed by atoms with E-state index in [-0.39, 0.29) is 10.5 Å². The third-order valence-corrected chi connectivity index (χ3v) is 4.47. The quantitative estimate of drug-likeness (QED) is 0.655. The third kappa shape index (κ3) is 1.18. The Morgan fingerprint density at radius 1 is 1.60 bits per heavy atom. The molecule has 0 radical (unpaired) electrons. The molecule has 1 aliphatic rings. The minimum atomic E-state index is -2.37. The van der Waals surface area contributed by atoms with E-state index in [4.69, 9.17) is 9.52 Å². The average molecular weight is 163 g/mol. The number of nitrogens with one attached hydrogen (secondary N) is 1. The van der Waals surface area contributed by atoms with Gasteiger partial charge in [0.1, 0.15) is 0 Å². The minimum Gasteiger partial charge on any atom is -0.379 e. The predicted octanol–water partition coefficient (Wildman–Crippen LogP) is 0.840. The van der Waals surface area contributed by atoms with Crippen LogP contribution in [-0.2, 0) is 14.5 Å². The molecule has 0 saturated carbocycles. The second kappa shape index (κ2) is 2.51. The van der Waals surface area contributed by atoms with Gasteiger partial charge in [-0.1, -0.05) is 13.8 Å². The molecule has 1 atom stereocenters. The first-order valence-electron chi connectivity index (χ1n) is 3.39. The Kier molecular flexibility index (Phi) is 2.01. The smallest absolute Gasteiger partial charge is 0.0897 e. The van der Waals surface area contributed by atoms with Crippen molar-refractivity contribution in [2.45, 2.75) is 24.3 Å². The Bertz CT molecular complexity index is 204. The van der Waals surface area contributed by atoms with E-state index in [2.05, 4.69) is 0 Å². The zero-order valence-electron chi connectivity index (χ0n) is 6.29. The zero-order chi connectivity index (χ0) is 7.78. The molecule has 1 N–H and O–H groups in total. The van der Waals surface area contributed by atoms with E-state index in [0.717, 1.165) is 0 Å². The Morgan fingerprint density at radius 2 is 2.10 bits per heavy atom. The van der Waals surface area contributed by atoms with Crippen LogP contribution in [0.25, 0.3) is 0 Å². The Hall–Kier alpha value is -0.0900. The summed E-state index contributed by atoms with van der Waals surface area (Å²) < 4.78 is 23.8. The molecule has 60 valence electrons. The molecule has 0 spiro atoms. The first kappa shape index (κ1) is 8.01. The summed E-state index contributed by atoms with van der Waals surface area (Å²) in [5.41, 5.74) is 0.